The summed E-state index contributed by atoms with van der Waals surface area (Å²) in [7, 11) is 2.00. The van der Waals surface area contributed by atoms with E-state index >= 15 is 0 Å². The van der Waals surface area contributed by atoms with Crippen LogP contribution in [0.25, 0.3) is 5.32 Å². The predicted molar refractivity (Wildman–Crippen MR) is 106 cm³/mol. The lowest BCUT2D eigenvalue weighted by Crippen LogP contribution is -2.21. The van der Waals surface area contributed by atoms with E-state index in [-0.39, 0.29) is 13.5 Å². The summed E-state index contributed by atoms with van der Waals surface area (Å²) in [4.78, 5) is 4.41. The number of hydrogen-bond donors (Lipinski definition) is 1. The maximum Gasteiger partial charge on any atom is 0.128 e. The number of methoxy groups -OCH3 is 2. The molecule has 2 heterocycles. The van der Waals surface area contributed by atoms with Gasteiger partial charge in [-0.05, 0) is 19.9 Å². The average Bonchev–Trinajstić information content (AvgIpc) is 3.01. The van der Waals surface area contributed by atoms with E-state index in [9.17, 15) is 4.21 Å². The summed E-state index contributed by atoms with van der Waals surface area (Å²) in [5.74, 6) is 1.85. The number of rotatable bonds is 5. The van der Waals surface area contributed by atoms with Gasteiger partial charge in [0.2, 0.25) is 0 Å². The minimum atomic E-state index is -1.24. The molecule has 1 N–H and O–H groups in total. The molecule has 2 aromatic rings. The Kier molecular flexibility index (Phi) is 6.18. The van der Waals surface area contributed by atoms with E-state index in [1.807, 2.05) is 32.0 Å². The van der Waals surface area contributed by atoms with E-state index in [0.717, 1.165) is 39.7 Å². The maximum atomic E-state index is 12.7. The number of anilines is 1. The molecule has 0 amide bonds. The Bertz CT molecular complexity index is 799. The fourth-order valence-electron chi connectivity index (χ4n) is 2.72. The second kappa shape index (κ2) is 7.97. The molecule has 136 valence electrons. The highest BCUT2D eigenvalue weighted by Crippen LogP contribution is 2.41. The van der Waals surface area contributed by atoms with E-state index in [1.165, 1.54) is 0 Å². The number of nitrogens with one attached hydrogen (secondary N) is 1. The zero-order valence-electron chi connectivity index (χ0n) is 14.6. The van der Waals surface area contributed by atoms with Crippen molar-refractivity contribution in [3.63, 3.8) is 0 Å². The highest BCUT2D eigenvalue weighted by atomic mass is 32.2. The number of ether oxygens (including phenoxy) is 2. The van der Waals surface area contributed by atoms with Gasteiger partial charge in [-0.15, -0.1) is 5.69 Å². The molecule has 8 heteroatoms. The molecule has 1 aliphatic rings. The lowest BCUT2D eigenvalue weighted by atomic mass is 10.1. The molecule has 3 rings (SSSR count). The predicted octanol–water partition coefficient (Wildman–Crippen LogP) is 3.49. The topological polar surface area (TPSA) is 74.6 Å². The van der Waals surface area contributed by atoms with Gasteiger partial charge in [-0.2, -0.15) is 13.5 Å². The standard InChI is InChI=1S/C17H20N3O3S.H2S/c1-10-8-18-15(11(2)16(10)23-4)9-24(21)17-19-13-6-5-12(22-3)7-14(13)20-17;/h5-8,17,20H,9H2,1-4H3;1H2/q-1;/t17?,24-;/m0./s1. The number of pyridine rings is 1. The molecule has 1 aromatic heterocycles. The zero-order chi connectivity index (χ0) is 17.3. The van der Waals surface area contributed by atoms with Crippen LogP contribution in [0.2, 0.25) is 0 Å². The van der Waals surface area contributed by atoms with Crippen LogP contribution < -0.4 is 14.8 Å². The largest absolute Gasteiger partial charge is 0.653 e. The molecule has 0 bridgehead atoms. The molecule has 0 radical (unpaired) electrons. The van der Waals surface area contributed by atoms with E-state index in [4.69, 9.17) is 9.47 Å². The smallest absolute Gasteiger partial charge is 0.128 e. The molecule has 0 saturated carbocycles. The second-order valence-electron chi connectivity index (χ2n) is 5.58. The number of benzene rings is 1. The van der Waals surface area contributed by atoms with Gasteiger partial charge >= 0.3 is 0 Å². The van der Waals surface area contributed by atoms with Crippen LogP contribution in [0.5, 0.6) is 11.5 Å². The van der Waals surface area contributed by atoms with Crippen molar-refractivity contribution in [2.75, 3.05) is 19.5 Å². The van der Waals surface area contributed by atoms with Gasteiger partial charge in [-0.3, -0.25) is 9.19 Å². The number of fused-ring (bicyclic) bond motifs is 1. The lowest BCUT2D eigenvalue weighted by molar-refractivity contribution is 0.407. The molecule has 0 aliphatic carbocycles. The van der Waals surface area contributed by atoms with Crippen LogP contribution in [-0.4, -0.2) is 28.9 Å². The van der Waals surface area contributed by atoms with Crippen LogP contribution in [-0.2, 0) is 16.6 Å². The van der Waals surface area contributed by atoms with Gasteiger partial charge in [0.05, 0.1) is 25.7 Å². The molecule has 1 unspecified atom stereocenters. The Morgan fingerprint density at radius 1 is 1.28 bits per heavy atom. The number of aryl methyl sites for hydroxylation is 1. The van der Waals surface area contributed by atoms with Crippen LogP contribution in [0.3, 0.4) is 0 Å². The highest BCUT2D eigenvalue weighted by molar-refractivity contribution is 7.85. The highest BCUT2D eigenvalue weighted by Gasteiger charge is 2.18. The zero-order valence-corrected chi connectivity index (χ0v) is 16.4. The van der Waals surface area contributed by atoms with Crippen molar-refractivity contribution in [1.29, 1.82) is 0 Å². The summed E-state index contributed by atoms with van der Waals surface area (Å²) in [6.07, 6.45) is 1.75. The van der Waals surface area contributed by atoms with Crippen LogP contribution in [0.1, 0.15) is 16.8 Å². The third-order valence-electron chi connectivity index (χ3n) is 4.02. The van der Waals surface area contributed by atoms with E-state index in [0.29, 0.717) is 5.75 Å². The van der Waals surface area contributed by atoms with Gasteiger partial charge in [0.15, 0.2) is 0 Å². The second-order valence-corrected chi connectivity index (χ2v) is 7.08. The molecular weight excluding hydrogens is 358 g/mol. The summed E-state index contributed by atoms with van der Waals surface area (Å²) >= 11 is 0. The molecule has 0 fully saturated rings. The molecule has 2 atom stereocenters. The summed E-state index contributed by atoms with van der Waals surface area (Å²) in [5, 5.41) is 7.67. The normalized spacial score (nSPS) is 16.1. The van der Waals surface area contributed by atoms with Crippen LogP contribution in [0, 0.1) is 13.8 Å². The summed E-state index contributed by atoms with van der Waals surface area (Å²) in [5.41, 5.74) is 3.79. The van der Waals surface area contributed by atoms with Gasteiger partial charge in [0.25, 0.3) is 0 Å². The minimum absolute atomic E-state index is 0. The number of nitrogens with zero attached hydrogens (tertiary/aromatic N) is 2. The Morgan fingerprint density at radius 2 is 2.04 bits per heavy atom. The van der Waals surface area contributed by atoms with Gasteiger partial charge < -0.3 is 20.1 Å². The van der Waals surface area contributed by atoms with Crippen molar-refractivity contribution >= 4 is 35.7 Å². The fourth-order valence-corrected chi connectivity index (χ4v) is 3.92. The summed E-state index contributed by atoms with van der Waals surface area (Å²) in [6, 6.07) is 5.55. The average molecular weight is 381 g/mol. The molecular formula is C17H22N3O3S2-. The summed E-state index contributed by atoms with van der Waals surface area (Å²) in [6.45, 7) is 3.88. The van der Waals surface area contributed by atoms with Crippen LogP contribution in [0.4, 0.5) is 11.4 Å². The van der Waals surface area contributed by atoms with Crippen molar-refractivity contribution in [3.05, 3.63) is 46.5 Å². The van der Waals surface area contributed by atoms with E-state index in [1.54, 1.807) is 20.4 Å². The molecule has 0 saturated heterocycles. The van der Waals surface area contributed by atoms with Crippen LogP contribution >= 0.6 is 13.5 Å². The third-order valence-corrected chi connectivity index (χ3v) is 5.30. The Hall–Kier alpha value is -1.93. The quantitative estimate of drug-likeness (QED) is 0.859. The van der Waals surface area contributed by atoms with Crippen molar-refractivity contribution in [2.45, 2.75) is 25.1 Å². The number of hydrogen-bond acceptors (Lipinski definition) is 5. The first-order valence-electron chi connectivity index (χ1n) is 7.55. The van der Waals surface area contributed by atoms with E-state index in [2.05, 4.69) is 15.6 Å². The van der Waals surface area contributed by atoms with Crippen LogP contribution in [0.15, 0.2) is 24.4 Å². The van der Waals surface area contributed by atoms with Crippen molar-refractivity contribution in [2.24, 2.45) is 0 Å². The van der Waals surface area contributed by atoms with Crippen molar-refractivity contribution in [1.82, 2.24) is 4.98 Å². The lowest BCUT2D eigenvalue weighted by Gasteiger charge is -2.24. The molecule has 1 aromatic carbocycles. The molecule has 1 aliphatic heterocycles. The fraction of sp³-hybridized carbons (Fsp3) is 0.353. The molecule has 0 spiro atoms. The van der Waals surface area contributed by atoms with Gasteiger partial charge in [-0.25, -0.2) is 0 Å². The first kappa shape index (κ1) is 19.4. The molecule has 6 nitrogen and oxygen atoms in total. The summed E-state index contributed by atoms with van der Waals surface area (Å²) < 4.78 is 23.3. The first-order chi connectivity index (χ1) is 11.5. The van der Waals surface area contributed by atoms with Gasteiger partial charge in [-0.1, -0.05) is 6.07 Å². The monoisotopic (exact) mass is 380 g/mol. The molecule has 25 heavy (non-hydrogen) atoms. The first-order valence-corrected chi connectivity index (χ1v) is 8.93. The Balaban J connectivity index is 0.00000225. The van der Waals surface area contributed by atoms with Gasteiger partial charge in [0, 0.05) is 45.4 Å². The van der Waals surface area contributed by atoms with Gasteiger partial charge in [0.1, 0.15) is 11.5 Å². The van der Waals surface area contributed by atoms with Crippen molar-refractivity contribution in [3.8, 4) is 11.5 Å². The number of aromatic nitrogens is 1. The third kappa shape index (κ3) is 3.85. The maximum absolute atomic E-state index is 12.7. The van der Waals surface area contributed by atoms with E-state index < -0.39 is 16.3 Å². The minimum Gasteiger partial charge on any atom is -0.653 e. The SMILES string of the molecule is COc1ccc2c(c1)NC([S@@](=O)Cc1ncc(C)c(OC)c1C)[N-]2.S. The van der Waals surface area contributed by atoms with Crippen molar-refractivity contribution < 1.29 is 13.7 Å². The Morgan fingerprint density at radius 3 is 2.72 bits per heavy atom. The Labute approximate surface area is 157 Å².